The summed E-state index contributed by atoms with van der Waals surface area (Å²) < 4.78 is 6.51. The summed E-state index contributed by atoms with van der Waals surface area (Å²) in [6, 6.07) is 3.86. The number of nitrogens with zero attached hydrogens (tertiary/aromatic N) is 2. The van der Waals surface area contributed by atoms with E-state index < -0.39 is 0 Å². The number of morpholine rings is 1. The second kappa shape index (κ2) is 5.03. The third-order valence-electron chi connectivity index (χ3n) is 3.55. The van der Waals surface area contributed by atoms with Crippen LogP contribution >= 0.6 is 11.3 Å². The molecule has 0 radical (unpaired) electrons. The maximum atomic E-state index is 12.7. The minimum Gasteiger partial charge on any atom is -0.396 e. The van der Waals surface area contributed by atoms with Crippen molar-refractivity contribution in [2.45, 2.75) is 26.0 Å². The molecule has 6 heteroatoms. The van der Waals surface area contributed by atoms with Crippen LogP contribution < -0.4 is 5.73 Å². The van der Waals surface area contributed by atoms with Crippen LogP contribution in [0, 0.1) is 0 Å². The van der Waals surface area contributed by atoms with Crippen molar-refractivity contribution in [3.8, 4) is 0 Å². The number of anilines is 1. The topological polar surface area (TPSA) is 68.5 Å². The first-order valence-electron chi connectivity index (χ1n) is 6.63. The molecule has 1 saturated heterocycles. The van der Waals surface area contributed by atoms with Gasteiger partial charge in [-0.2, -0.15) is 0 Å². The fraction of sp³-hybridized carbons (Fsp3) is 0.429. The number of aromatic nitrogens is 1. The van der Waals surface area contributed by atoms with E-state index in [1.165, 1.54) is 11.3 Å². The molecule has 0 spiro atoms. The minimum absolute atomic E-state index is 0.0202. The van der Waals surface area contributed by atoms with Gasteiger partial charge >= 0.3 is 0 Å². The highest BCUT2D eigenvalue weighted by Crippen LogP contribution is 2.33. The summed E-state index contributed by atoms with van der Waals surface area (Å²) >= 11 is 1.41. The van der Waals surface area contributed by atoms with E-state index >= 15 is 0 Å². The third kappa shape index (κ3) is 2.14. The highest BCUT2D eigenvalue weighted by Gasteiger charge is 2.30. The van der Waals surface area contributed by atoms with Gasteiger partial charge in [-0.05, 0) is 26.0 Å². The molecule has 1 fully saturated rings. The molecule has 0 aromatic carbocycles. The highest BCUT2D eigenvalue weighted by molar-refractivity contribution is 7.21. The van der Waals surface area contributed by atoms with Gasteiger partial charge in [0, 0.05) is 12.7 Å². The van der Waals surface area contributed by atoms with E-state index in [2.05, 4.69) is 4.98 Å². The van der Waals surface area contributed by atoms with E-state index in [0.29, 0.717) is 23.7 Å². The molecule has 2 aromatic rings. The standard InChI is InChI=1S/C14H17N3O2S/c1-8-7-19-9(2)6-17(8)14(18)13-11(15)12-10(20-13)4-3-5-16-12/h3-5,8-9H,6-7,15H2,1-2H3. The van der Waals surface area contributed by atoms with Crippen LogP contribution in [0.5, 0.6) is 0 Å². The number of nitrogens with two attached hydrogens (primary N) is 1. The largest absolute Gasteiger partial charge is 0.396 e. The molecule has 5 nitrogen and oxygen atoms in total. The Morgan fingerprint density at radius 1 is 1.55 bits per heavy atom. The molecule has 1 aliphatic rings. The van der Waals surface area contributed by atoms with Gasteiger partial charge in [-0.1, -0.05) is 0 Å². The Balaban J connectivity index is 1.97. The summed E-state index contributed by atoms with van der Waals surface area (Å²) in [5.74, 6) is -0.0202. The summed E-state index contributed by atoms with van der Waals surface area (Å²) in [5, 5.41) is 0. The summed E-state index contributed by atoms with van der Waals surface area (Å²) in [6.45, 7) is 5.13. The van der Waals surface area contributed by atoms with Crippen molar-refractivity contribution in [3.63, 3.8) is 0 Å². The summed E-state index contributed by atoms with van der Waals surface area (Å²) in [6.07, 6.45) is 1.75. The molecule has 20 heavy (non-hydrogen) atoms. The molecule has 106 valence electrons. The molecule has 1 amide bonds. The second-order valence-electron chi connectivity index (χ2n) is 5.15. The number of thiophene rings is 1. The summed E-state index contributed by atoms with van der Waals surface area (Å²) in [5.41, 5.74) is 7.30. The quantitative estimate of drug-likeness (QED) is 0.874. The maximum Gasteiger partial charge on any atom is 0.266 e. The Morgan fingerprint density at radius 3 is 3.10 bits per heavy atom. The van der Waals surface area contributed by atoms with Gasteiger partial charge in [0.1, 0.15) is 10.4 Å². The van der Waals surface area contributed by atoms with Crippen LogP contribution in [0.15, 0.2) is 18.3 Å². The zero-order chi connectivity index (χ0) is 14.3. The average molecular weight is 291 g/mol. The number of hydrogen-bond acceptors (Lipinski definition) is 5. The molecule has 2 aromatic heterocycles. The van der Waals surface area contributed by atoms with E-state index in [-0.39, 0.29) is 18.1 Å². The van der Waals surface area contributed by atoms with Crippen molar-refractivity contribution in [3.05, 3.63) is 23.2 Å². The van der Waals surface area contributed by atoms with Crippen LogP contribution in [0.3, 0.4) is 0 Å². The Morgan fingerprint density at radius 2 is 2.35 bits per heavy atom. The fourth-order valence-electron chi connectivity index (χ4n) is 2.42. The van der Waals surface area contributed by atoms with E-state index in [4.69, 9.17) is 10.5 Å². The lowest BCUT2D eigenvalue weighted by Gasteiger charge is -2.36. The number of rotatable bonds is 1. The van der Waals surface area contributed by atoms with Crippen LogP contribution in [0.2, 0.25) is 0 Å². The summed E-state index contributed by atoms with van der Waals surface area (Å²) in [7, 11) is 0. The smallest absolute Gasteiger partial charge is 0.266 e. The Kier molecular flexibility index (Phi) is 3.35. The minimum atomic E-state index is -0.0202. The van der Waals surface area contributed by atoms with E-state index in [9.17, 15) is 4.79 Å². The first kappa shape index (κ1) is 13.3. The van der Waals surface area contributed by atoms with E-state index in [1.807, 2.05) is 30.9 Å². The molecule has 2 unspecified atom stereocenters. The molecule has 0 aliphatic carbocycles. The molecule has 1 aliphatic heterocycles. The van der Waals surface area contributed by atoms with E-state index in [0.717, 1.165) is 10.2 Å². The van der Waals surface area contributed by atoms with Gasteiger partial charge in [-0.3, -0.25) is 9.78 Å². The predicted octanol–water partition coefficient (Wildman–Crippen LogP) is 2.13. The zero-order valence-electron chi connectivity index (χ0n) is 11.5. The number of ether oxygens (including phenoxy) is 1. The molecule has 3 rings (SSSR count). The van der Waals surface area contributed by atoms with Gasteiger partial charge in [0.15, 0.2) is 0 Å². The van der Waals surface area contributed by atoms with Crippen molar-refractivity contribution in [2.75, 3.05) is 18.9 Å². The zero-order valence-corrected chi connectivity index (χ0v) is 12.3. The third-order valence-corrected chi connectivity index (χ3v) is 4.69. The number of fused-ring (bicyclic) bond motifs is 1. The molecule has 0 bridgehead atoms. The molecule has 0 saturated carbocycles. The van der Waals surface area contributed by atoms with Crippen molar-refractivity contribution in [1.82, 2.24) is 9.88 Å². The second-order valence-corrected chi connectivity index (χ2v) is 6.20. The van der Waals surface area contributed by atoms with Crippen LogP contribution in [-0.2, 0) is 4.74 Å². The Hall–Kier alpha value is -1.66. The van der Waals surface area contributed by atoms with E-state index in [1.54, 1.807) is 6.20 Å². The van der Waals surface area contributed by atoms with Crippen molar-refractivity contribution < 1.29 is 9.53 Å². The SMILES string of the molecule is CC1CN(C(=O)c2sc3cccnc3c2N)C(C)CO1. The number of carbonyl (C=O) groups is 1. The lowest BCUT2D eigenvalue weighted by atomic mass is 10.2. The Labute approximate surface area is 121 Å². The molecule has 3 heterocycles. The predicted molar refractivity (Wildman–Crippen MR) is 79.9 cm³/mol. The molecular formula is C14H17N3O2S. The van der Waals surface area contributed by atoms with Crippen molar-refractivity contribution in [1.29, 1.82) is 0 Å². The fourth-order valence-corrected chi connectivity index (χ4v) is 3.46. The normalized spacial score (nSPS) is 23.2. The lowest BCUT2D eigenvalue weighted by molar-refractivity contribution is -0.0385. The molecular weight excluding hydrogens is 274 g/mol. The van der Waals surface area contributed by atoms with Crippen LogP contribution in [0.4, 0.5) is 5.69 Å². The van der Waals surface area contributed by atoms with Crippen LogP contribution in [0.1, 0.15) is 23.5 Å². The van der Waals surface area contributed by atoms with Crippen LogP contribution in [-0.4, -0.2) is 41.1 Å². The monoisotopic (exact) mass is 291 g/mol. The van der Waals surface area contributed by atoms with Crippen molar-refractivity contribution in [2.24, 2.45) is 0 Å². The van der Waals surface area contributed by atoms with Gasteiger partial charge in [-0.15, -0.1) is 11.3 Å². The van der Waals surface area contributed by atoms with Crippen LogP contribution in [0.25, 0.3) is 10.2 Å². The number of hydrogen-bond donors (Lipinski definition) is 1. The average Bonchev–Trinajstić information content (AvgIpc) is 2.79. The number of nitrogen functional groups attached to an aromatic ring is 1. The van der Waals surface area contributed by atoms with Crippen molar-refractivity contribution >= 4 is 33.1 Å². The first-order chi connectivity index (χ1) is 9.58. The van der Waals surface area contributed by atoms with Gasteiger partial charge in [0.2, 0.25) is 0 Å². The molecule has 2 N–H and O–H groups in total. The van der Waals surface area contributed by atoms with Gasteiger partial charge in [0.05, 0.1) is 29.1 Å². The van der Waals surface area contributed by atoms with Gasteiger partial charge < -0.3 is 15.4 Å². The first-order valence-corrected chi connectivity index (χ1v) is 7.45. The number of pyridine rings is 1. The lowest BCUT2D eigenvalue weighted by Crippen LogP contribution is -2.50. The van der Waals surface area contributed by atoms with Gasteiger partial charge in [-0.25, -0.2) is 0 Å². The number of carbonyl (C=O) groups excluding carboxylic acids is 1. The summed E-state index contributed by atoms with van der Waals surface area (Å²) in [4.78, 5) is 19.4. The maximum absolute atomic E-state index is 12.7. The molecule has 2 atom stereocenters. The number of amides is 1. The highest BCUT2D eigenvalue weighted by atomic mass is 32.1. The van der Waals surface area contributed by atoms with Gasteiger partial charge in [0.25, 0.3) is 5.91 Å². The Bertz CT molecular complexity index is 655.